The molecule has 11 heavy (non-hydrogen) atoms. The summed E-state index contributed by atoms with van der Waals surface area (Å²) >= 11 is 0. The molecule has 5 N–H and O–H groups in total. The Morgan fingerprint density at radius 3 is 1.55 bits per heavy atom. The van der Waals surface area contributed by atoms with Crippen molar-refractivity contribution >= 4 is 0 Å². The number of nitrogens with zero attached hydrogens (tertiary/aromatic N) is 3. The number of nitrogens with one attached hydrogen (secondary N) is 1. The summed E-state index contributed by atoms with van der Waals surface area (Å²) in [6, 6.07) is 0. The smallest absolute Gasteiger partial charge is 0.00750 e. The van der Waals surface area contributed by atoms with Crippen LogP contribution in [-0.2, 0) is 21.1 Å². The summed E-state index contributed by atoms with van der Waals surface area (Å²) < 4.78 is 0. The first-order valence-electron chi connectivity index (χ1n) is 2.92. The van der Waals surface area contributed by atoms with Crippen molar-refractivity contribution in [1.82, 2.24) is 5.32 Å². The maximum atomic E-state index is 6.75. The molecular formula is C4H13N6Pt-. The summed E-state index contributed by atoms with van der Waals surface area (Å²) in [7, 11) is 0. The topological polar surface area (TPSA) is 123 Å². The van der Waals surface area contributed by atoms with Crippen LogP contribution in [0, 0.1) is 0 Å². The van der Waals surface area contributed by atoms with Gasteiger partial charge in [0.2, 0.25) is 0 Å². The van der Waals surface area contributed by atoms with Gasteiger partial charge in [0.15, 0.2) is 0 Å². The SMILES string of the molecule is NCCNCCN.[N-]=[N+]=[N-].[Pt]. The molecule has 0 saturated heterocycles. The molecular weight excluding hydrogens is 327 g/mol. The number of nitrogens with two attached hydrogens (primary N) is 2. The molecule has 0 saturated carbocycles. The molecule has 70 valence electrons. The van der Waals surface area contributed by atoms with Gasteiger partial charge in [0.1, 0.15) is 0 Å². The molecule has 7 heteroatoms. The molecule has 0 rings (SSSR count). The molecule has 0 spiro atoms. The summed E-state index contributed by atoms with van der Waals surface area (Å²) in [5.41, 5.74) is 23.8. The van der Waals surface area contributed by atoms with Crippen LogP contribution in [0.25, 0.3) is 16.0 Å². The molecule has 0 aromatic heterocycles. The average Bonchev–Trinajstić information content (AvgIpc) is 1.91. The standard InChI is InChI=1S/C4H13N3.N3.Pt/c5-1-3-7-4-2-6;1-3-2;/h7H,1-6H2;;/q;-1;. The van der Waals surface area contributed by atoms with Crippen LogP contribution in [0.2, 0.25) is 0 Å². The van der Waals surface area contributed by atoms with E-state index < -0.39 is 0 Å². The fraction of sp³-hybridized carbons (Fsp3) is 1.00. The first-order chi connectivity index (χ1) is 4.83. The van der Waals surface area contributed by atoms with Gasteiger partial charge in [0, 0.05) is 47.2 Å². The quantitative estimate of drug-likeness (QED) is 0.273. The largest absolute Gasteiger partial charge is 0.373 e. The number of rotatable bonds is 4. The zero-order valence-electron chi connectivity index (χ0n) is 6.14. The normalized spacial score (nSPS) is 6.73. The summed E-state index contributed by atoms with van der Waals surface area (Å²) in [5, 5.41) is 3.03. The molecule has 0 radical (unpaired) electrons. The van der Waals surface area contributed by atoms with E-state index >= 15 is 0 Å². The summed E-state index contributed by atoms with van der Waals surface area (Å²) in [6.07, 6.45) is 0. The zero-order chi connectivity index (χ0) is 8.24. The maximum Gasteiger partial charge on any atom is 0.00750 e. The molecule has 0 fully saturated rings. The van der Waals surface area contributed by atoms with Gasteiger partial charge in [0.25, 0.3) is 0 Å². The van der Waals surface area contributed by atoms with Crippen LogP contribution in [0.15, 0.2) is 0 Å². The van der Waals surface area contributed by atoms with Crippen LogP contribution in [0.1, 0.15) is 0 Å². The van der Waals surface area contributed by atoms with E-state index in [2.05, 4.69) is 5.32 Å². The first-order valence-corrected chi connectivity index (χ1v) is 2.92. The van der Waals surface area contributed by atoms with Crippen molar-refractivity contribution in [2.24, 2.45) is 11.5 Å². The van der Waals surface area contributed by atoms with E-state index in [-0.39, 0.29) is 21.1 Å². The van der Waals surface area contributed by atoms with E-state index in [1.807, 2.05) is 0 Å². The Bertz CT molecular complexity index is 76.7. The van der Waals surface area contributed by atoms with Gasteiger partial charge < -0.3 is 27.8 Å². The van der Waals surface area contributed by atoms with Gasteiger partial charge in [-0.2, -0.15) is 0 Å². The van der Waals surface area contributed by atoms with Crippen molar-refractivity contribution in [2.75, 3.05) is 26.2 Å². The molecule has 0 aromatic rings. The summed E-state index contributed by atoms with van der Waals surface area (Å²) in [4.78, 5) is 1.50. The van der Waals surface area contributed by atoms with Crippen LogP contribution in [0.5, 0.6) is 0 Å². The molecule has 0 amide bonds. The average molecular weight is 340 g/mol. The second-order valence-electron chi connectivity index (χ2n) is 1.42. The Balaban J connectivity index is -0.000000140. The van der Waals surface area contributed by atoms with Crippen molar-refractivity contribution in [3.8, 4) is 0 Å². The van der Waals surface area contributed by atoms with Crippen molar-refractivity contribution in [3.63, 3.8) is 0 Å². The van der Waals surface area contributed by atoms with Gasteiger partial charge >= 0.3 is 0 Å². The predicted molar refractivity (Wildman–Crippen MR) is 41.1 cm³/mol. The third kappa shape index (κ3) is 40.8. The molecule has 0 unspecified atom stereocenters. The van der Waals surface area contributed by atoms with Crippen LogP contribution in [0.4, 0.5) is 0 Å². The van der Waals surface area contributed by atoms with Crippen molar-refractivity contribution < 1.29 is 21.1 Å². The first kappa shape index (κ1) is 17.1. The van der Waals surface area contributed by atoms with Crippen molar-refractivity contribution in [1.29, 1.82) is 0 Å². The fourth-order valence-electron chi connectivity index (χ4n) is 0.329. The van der Waals surface area contributed by atoms with Gasteiger partial charge in [-0.1, -0.05) is 0 Å². The minimum atomic E-state index is 0. The zero-order valence-corrected chi connectivity index (χ0v) is 8.41. The molecule has 0 aliphatic carbocycles. The second-order valence-corrected chi connectivity index (χ2v) is 1.42. The Morgan fingerprint density at radius 1 is 1.09 bits per heavy atom. The Morgan fingerprint density at radius 2 is 1.36 bits per heavy atom. The Hall–Kier alpha value is -0.122. The second kappa shape index (κ2) is 22.5. The van der Waals surface area contributed by atoms with Crippen LogP contribution < -0.4 is 16.8 Å². The summed E-state index contributed by atoms with van der Waals surface area (Å²) in [5.74, 6) is 0. The minimum absolute atomic E-state index is 0. The number of hydrogen-bond acceptors (Lipinski definition) is 3. The van der Waals surface area contributed by atoms with Crippen molar-refractivity contribution in [3.05, 3.63) is 16.0 Å². The number of hydrogen-bond donors (Lipinski definition) is 3. The van der Waals surface area contributed by atoms with E-state index in [0.29, 0.717) is 13.1 Å². The monoisotopic (exact) mass is 340 g/mol. The Kier molecular flexibility index (Phi) is 35.0. The van der Waals surface area contributed by atoms with E-state index in [4.69, 9.17) is 22.5 Å². The molecule has 0 aliphatic rings. The molecule has 0 heterocycles. The van der Waals surface area contributed by atoms with Gasteiger partial charge in [-0.15, -0.1) is 0 Å². The van der Waals surface area contributed by atoms with Gasteiger partial charge in [0.05, 0.1) is 0 Å². The Labute approximate surface area is 80.4 Å². The van der Waals surface area contributed by atoms with Crippen LogP contribution >= 0.6 is 0 Å². The molecule has 0 aromatic carbocycles. The van der Waals surface area contributed by atoms with Gasteiger partial charge in [-0.05, 0) is 0 Å². The third-order valence-electron chi connectivity index (χ3n) is 0.642. The van der Waals surface area contributed by atoms with Gasteiger partial charge in [-0.3, -0.25) is 4.91 Å². The fourth-order valence-corrected chi connectivity index (χ4v) is 0.329. The minimum Gasteiger partial charge on any atom is -0.373 e. The van der Waals surface area contributed by atoms with Gasteiger partial charge in [-0.25, -0.2) is 0 Å². The molecule has 0 aliphatic heterocycles. The van der Waals surface area contributed by atoms with E-state index in [9.17, 15) is 0 Å². The van der Waals surface area contributed by atoms with E-state index in [0.717, 1.165) is 13.1 Å². The molecule has 6 nitrogen and oxygen atoms in total. The third-order valence-corrected chi connectivity index (χ3v) is 0.642. The van der Waals surface area contributed by atoms with Crippen LogP contribution in [-0.4, -0.2) is 26.2 Å². The van der Waals surface area contributed by atoms with E-state index in [1.54, 1.807) is 0 Å². The predicted octanol–water partition coefficient (Wildman–Crippen LogP) is -0.643. The van der Waals surface area contributed by atoms with E-state index in [1.165, 1.54) is 4.91 Å². The molecule has 0 bridgehead atoms. The summed E-state index contributed by atoms with van der Waals surface area (Å²) in [6.45, 7) is 3.13. The van der Waals surface area contributed by atoms with Crippen molar-refractivity contribution in [2.45, 2.75) is 0 Å². The van der Waals surface area contributed by atoms with Crippen LogP contribution in [0.3, 0.4) is 0 Å². The maximum absolute atomic E-state index is 6.75. The molecule has 0 atom stereocenters.